The van der Waals surface area contributed by atoms with E-state index in [1.807, 2.05) is 0 Å². The minimum atomic E-state index is 0.439. The van der Waals surface area contributed by atoms with Crippen molar-refractivity contribution in [1.82, 2.24) is 0 Å². The van der Waals surface area contributed by atoms with E-state index in [2.05, 4.69) is 103 Å². The highest BCUT2D eigenvalue weighted by molar-refractivity contribution is 5.82. The molecule has 122 valence electrons. The molecule has 4 aromatic carbocycles. The summed E-state index contributed by atoms with van der Waals surface area (Å²) >= 11 is 0. The molecule has 0 atom stereocenters. The number of hydrogen-bond donors (Lipinski definition) is 0. The summed E-state index contributed by atoms with van der Waals surface area (Å²) in [4.78, 5) is 0. The van der Waals surface area contributed by atoms with Crippen LogP contribution in [0.3, 0.4) is 0 Å². The Balaban J connectivity index is 1.60. The van der Waals surface area contributed by atoms with E-state index in [4.69, 9.17) is 0 Å². The highest BCUT2D eigenvalue weighted by Gasteiger charge is 2.13. The monoisotopic (exact) mass is 322 g/mol. The lowest BCUT2D eigenvalue weighted by Crippen LogP contribution is -2.03. The molecule has 0 heterocycles. The summed E-state index contributed by atoms with van der Waals surface area (Å²) < 4.78 is 0. The van der Waals surface area contributed by atoms with Crippen molar-refractivity contribution in [2.24, 2.45) is 0 Å². The molecule has 0 fully saturated rings. The maximum absolute atomic E-state index is 2.34. The van der Waals surface area contributed by atoms with Crippen molar-refractivity contribution < 1.29 is 0 Å². The van der Waals surface area contributed by atoms with Crippen LogP contribution in [0.5, 0.6) is 0 Å². The third kappa shape index (κ3) is 3.64. The predicted octanol–water partition coefficient (Wildman–Crippen LogP) is 6.60. The highest BCUT2D eigenvalue weighted by Crippen LogP contribution is 2.29. The lowest BCUT2D eigenvalue weighted by atomic mass is 9.86. The third-order valence-electron chi connectivity index (χ3n) is 4.94. The van der Waals surface area contributed by atoms with Gasteiger partial charge in [-0.2, -0.15) is 0 Å². The van der Waals surface area contributed by atoms with Gasteiger partial charge in [-0.3, -0.25) is 0 Å². The van der Waals surface area contributed by atoms with E-state index in [1.54, 1.807) is 0 Å². The van der Waals surface area contributed by atoms with Gasteiger partial charge in [0.15, 0.2) is 0 Å². The summed E-state index contributed by atoms with van der Waals surface area (Å²) in [6.45, 7) is 0. The van der Waals surface area contributed by atoms with Gasteiger partial charge >= 0.3 is 0 Å². The molecule has 0 heteroatoms. The Kier molecular flexibility index (Phi) is 4.61. The molecule has 4 rings (SSSR count). The molecule has 0 aliphatic carbocycles. The van der Waals surface area contributed by atoms with Crippen LogP contribution in [-0.4, -0.2) is 0 Å². The van der Waals surface area contributed by atoms with Crippen molar-refractivity contribution in [3.63, 3.8) is 0 Å². The zero-order valence-electron chi connectivity index (χ0n) is 14.3. The van der Waals surface area contributed by atoms with Gasteiger partial charge in [0.2, 0.25) is 0 Å². The van der Waals surface area contributed by atoms with Crippen LogP contribution in [0, 0.1) is 0 Å². The van der Waals surface area contributed by atoms with Crippen LogP contribution >= 0.6 is 0 Å². The SMILES string of the molecule is c1ccc(C(CCc2ccc3ccccc3c2)c2ccccc2)cc1. The molecule has 0 saturated heterocycles. The lowest BCUT2D eigenvalue weighted by Gasteiger charge is -2.18. The quantitative estimate of drug-likeness (QED) is 0.388. The van der Waals surface area contributed by atoms with Gasteiger partial charge in [0, 0.05) is 5.92 Å². The fourth-order valence-electron chi connectivity index (χ4n) is 3.60. The van der Waals surface area contributed by atoms with Crippen LogP contribution in [-0.2, 0) is 6.42 Å². The Labute approximate surface area is 149 Å². The van der Waals surface area contributed by atoms with Gasteiger partial charge in [0.25, 0.3) is 0 Å². The molecular formula is C25H22. The van der Waals surface area contributed by atoms with Crippen LogP contribution in [0.25, 0.3) is 10.8 Å². The first kappa shape index (κ1) is 15.7. The smallest absolute Gasteiger partial charge is 0.00925 e. The molecule has 0 amide bonds. The topological polar surface area (TPSA) is 0 Å². The molecule has 0 aromatic heterocycles. The number of hydrogen-bond acceptors (Lipinski definition) is 0. The fourth-order valence-corrected chi connectivity index (χ4v) is 3.60. The van der Waals surface area contributed by atoms with E-state index in [1.165, 1.54) is 27.5 Å². The number of fused-ring (bicyclic) bond motifs is 1. The Hall–Kier alpha value is -2.86. The van der Waals surface area contributed by atoms with Crippen molar-refractivity contribution in [2.45, 2.75) is 18.8 Å². The van der Waals surface area contributed by atoms with Gasteiger partial charge in [-0.1, -0.05) is 103 Å². The minimum absolute atomic E-state index is 0.439. The van der Waals surface area contributed by atoms with Crippen LogP contribution in [0.4, 0.5) is 0 Å². The van der Waals surface area contributed by atoms with Crippen molar-refractivity contribution >= 4 is 10.8 Å². The van der Waals surface area contributed by atoms with E-state index in [0.29, 0.717) is 5.92 Å². The second kappa shape index (κ2) is 7.36. The second-order valence-electron chi connectivity index (χ2n) is 6.59. The minimum Gasteiger partial charge on any atom is -0.0622 e. The summed E-state index contributed by atoms with van der Waals surface area (Å²) in [5.41, 5.74) is 4.21. The number of benzene rings is 4. The molecule has 0 N–H and O–H groups in total. The van der Waals surface area contributed by atoms with Gasteiger partial charge in [0.1, 0.15) is 0 Å². The van der Waals surface area contributed by atoms with Crippen molar-refractivity contribution in [3.8, 4) is 0 Å². The van der Waals surface area contributed by atoms with Crippen LogP contribution in [0.2, 0.25) is 0 Å². The largest absolute Gasteiger partial charge is 0.0622 e. The van der Waals surface area contributed by atoms with Gasteiger partial charge in [-0.25, -0.2) is 0 Å². The zero-order valence-corrected chi connectivity index (χ0v) is 14.3. The third-order valence-corrected chi connectivity index (χ3v) is 4.94. The molecule has 0 unspecified atom stereocenters. The predicted molar refractivity (Wildman–Crippen MR) is 107 cm³/mol. The summed E-state index contributed by atoms with van der Waals surface area (Å²) in [5, 5.41) is 2.64. The summed E-state index contributed by atoms with van der Waals surface area (Å²) in [7, 11) is 0. The van der Waals surface area contributed by atoms with Crippen molar-refractivity contribution in [3.05, 3.63) is 120 Å². The first-order valence-corrected chi connectivity index (χ1v) is 8.98. The summed E-state index contributed by atoms with van der Waals surface area (Å²) in [6.07, 6.45) is 2.20. The molecule has 0 bridgehead atoms. The molecule has 0 spiro atoms. The van der Waals surface area contributed by atoms with Crippen LogP contribution in [0.1, 0.15) is 29.0 Å². The van der Waals surface area contributed by atoms with Crippen LogP contribution in [0.15, 0.2) is 103 Å². The Morgan fingerprint density at radius 1 is 0.520 bits per heavy atom. The Morgan fingerprint density at radius 3 is 1.72 bits per heavy atom. The molecule has 0 aliphatic rings. The van der Waals surface area contributed by atoms with E-state index >= 15 is 0 Å². The normalized spacial score (nSPS) is 11.1. The molecule has 0 saturated carbocycles. The molecular weight excluding hydrogens is 300 g/mol. The van der Waals surface area contributed by atoms with Crippen molar-refractivity contribution in [1.29, 1.82) is 0 Å². The average molecular weight is 322 g/mol. The molecule has 25 heavy (non-hydrogen) atoms. The zero-order chi connectivity index (χ0) is 16.9. The fraction of sp³-hybridized carbons (Fsp3) is 0.120. The lowest BCUT2D eigenvalue weighted by molar-refractivity contribution is 0.715. The van der Waals surface area contributed by atoms with Gasteiger partial charge < -0.3 is 0 Å². The average Bonchev–Trinajstić information content (AvgIpc) is 2.70. The van der Waals surface area contributed by atoms with Crippen LogP contribution < -0.4 is 0 Å². The first-order valence-electron chi connectivity index (χ1n) is 8.98. The first-order chi connectivity index (χ1) is 12.4. The Morgan fingerprint density at radius 2 is 1.08 bits per heavy atom. The van der Waals surface area contributed by atoms with Gasteiger partial charge in [-0.05, 0) is 40.3 Å². The summed E-state index contributed by atoms with van der Waals surface area (Å²) in [6, 6.07) is 37.2. The standard InChI is InChI=1S/C25H22/c1-3-10-22(11-4-1)25(23-12-5-2-6-13-23)18-16-20-15-17-21-9-7-8-14-24(21)19-20/h1-15,17,19,25H,16,18H2. The summed E-state index contributed by atoms with van der Waals surface area (Å²) in [5.74, 6) is 0.439. The highest BCUT2D eigenvalue weighted by atomic mass is 14.2. The molecule has 4 aromatic rings. The van der Waals surface area contributed by atoms with E-state index < -0.39 is 0 Å². The maximum atomic E-state index is 2.34. The number of aryl methyl sites for hydroxylation is 1. The van der Waals surface area contributed by atoms with Gasteiger partial charge in [0.05, 0.1) is 0 Å². The Bertz CT molecular complexity index is 900. The molecule has 0 aliphatic heterocycles. The second-order valence-corrected chi connectivity index (χ2v) is 6.59. The van der Waals surface area contributed by atoms with E-state index in [9.17, 15) is 0 Å². The molecule has 0 nitrogen and oxygen atoms in total. The van der Waals surface area contributed by atoms with E-state index in [-0.39, 0.29) is 0 Å². The van der Waals surface area contributed by atoms with E-state index in [0.717, 1.165) is 12.8 Å². The van der Waals surface area contributed by atoms with Crippen molar-refractivity contribution in [2.75, 3.05) is 0 Å². The van der Waals surface area contributed by atoms with Gasteiger partial charge in [-0.15, -0.1) is 0 Å². The molecule has 0 radical (unpaired) electrons. The maximum Gasteiger partial charge on any atom is 0.00925 e. The number of rotatable bonds is 5.